The van der Waals surface area contributed by atoms with Crippen molar-refractivity contribution in [3.05, 3.63) is 59.1 Å². The molecule has 0 aromatic heterocycles. The van der Waals surface area contributed by atoms with Crippen molar-refractivity contribution in [2.24, 2.45) is 5.10 Å². The molecule has 0 atom stereocenters. The van der Waals surface area contributed by atoms with E-state index in [1.54, 1.807) is 30.5 Å². The van der Waals surface area contributed by atoms with Gasteiger partial charge in [-0.15, -0.1) is 0 Å². The molecule has 2 amide bonds. The molecular formula is C21H25ClN4O2. The topological polar surface area (TPSA) is 73.8 Å². The molecule has 0 spiro atoms. The molecule has 2 aromatic carbocycles. The van der Waals surface area contributed by atoms with Gasteiger partial charge in [0.1, 0.15) is 0 Å². The van der Waals surface area contributed by atoms with Gasteiger partial charge in [-0.1, -0.05) is 29.8 Å². The Morgan fingerprint density at radius 3 is 2.36 bits per heavy atom. The van der Waals surface area contributed by atoms with Gasteiger partial charge in [-0.25, -0.2) is 5.43 Å². The molecule has 0 aliphatic rings. The van der Waals surface area contributed by atoms with Crippen molar-refractivity contribution in [1.29, 1.82) is 0 Å². The van der Waals surface area contributed by atoms with Gasteiger partial charge in [0.2, 0.25) is 11.8 Å². The predicted octanol–water partition coefficient (Wildman–Crippen LogP) is 4.06. The predicted molar refractivity (Wildman–Crippen MR) is 115 cm³/mol. The first kappa shape index (κ1) is 21.4. The van der Waals surface area contributed by atoms with E-state index >= 15 is 0 Å². The Kier molecular flexibility index (Phi) is 8.49. The third kappa shape index (κ3) is 7.04. The van der Waals surface area contributed by atoms with Gasteiger partial charge in [-0.3, -0.25) is 9.59 Å². The number of amides is 2. The maximum atomic E-state index is 11.9. The second-order valence-electron chi connectivity index (χ2n) is 6.12. The molecule has 2 rings (SSSR count). The van der Waals surface area contributed by atoms with Crippen LogP contribution in [0, 0.1) is 0 Å². The summed E-state index contributed by atoms with van der Waals surface area (Å²) in [6.45, 7) is 6.13. The van der Waals surface area contributed by atoms with Gasteiger partial charge < -0.3 is 10.2 Å². The van der Waals surface area contributed by atoms with Crippen LogP contribution in [0.1, 0.15) is 32.3 Å². The van der Waals surface area contributed by atoms with Crippen molar-refractivity contribution in [3.63, 3.8) is 0 Å². The van der Waals surface area contributed by atoms with Crippen LogP contribution in [0.25, 0.3) is 0 Å². The van der Waals surface area contributed by atoms with Gasteiger partial charge in [0.15, 0.2) is 0 Å². The Morgan fingerprint density at radius 2 is 1.71 bits per heavy atom. The Balaban J connectivity index is 1.75. The van der Waals surface area contributed by atoms with Crippen LogP contribution in [0.5, 0.6) is 0 Å². The molecule has 28 heavy (non-hydrogen) atoms. The molecule has 0 saturated carbocycles. The first-order valence-corrected chi connectivity index (χ1v) is 9.62. The smallest absolute Gasteiger partial charge is 0.240 e. The first-order valence-electron chi connectivity index (χ1n) is 9.24. The lowest BCUT2D eigenvalue weighted by Crippen LogP contribution is -2.21. The fourth-order valence-corrected chi connectivity index (χ4v) is 2.80. The molecule has 0 fully saturated rings. The summed E-state index contributed by atoms with van der Waals surface area (Å²) >= 11 is 5.87. The fraction of sp³-hybridized carbons (Fsp3) is 0.286. The molecule has 6 nitrogen and oxygen atoms in total. The number of hydrogen-bond donors (Lipinski definition) is 2. The van der Waals surface area contributed by atoms with Crippen LogP contribution in [0.3, 0.4) is 0 Å². The van der Waals surface area contributed by atoms with E-state index in [0.29, 0.717) is 10.7 Å². The number of hydrogen-bond acceptors (Lipinski definition) is 4. The maximum Gasteiger partial charge on any atom is 0.240 e. The SMILES string of the molecule is CCN(CC)c1ccc(/C=N/NC(=O)CCC(=O)Nc2cccc(Cl)c2)cc1. The maximum absolute atomic E-state index is 11.9. The van der Waals surface area contributed by atoms with E-state index in [9.17, 15) is 9.59 Å². The van der Waals surface area contributed by atoms with Gasteiger partial charge in [-0.05, 0) is 49.7 Å². The molecule has 0 unspecified atom stereocenters. The normalized spacial score (nSPS) is 10.7. The molecule has 7 heteroatoms. The number of halogens is 1. The van der Waals surface area contributed by atoms with E-state index in [0.717, 1.165) is 24.3 Å². The molecular weight excluding hydrogens is 376 g/mol. The Morgan fingerprint density at radius 1 is 1.04 bits per heavy atom. The van der Waals surface area contributed by atoms with E-state index < -0.39 is 0 Å². The Bertz CT molecular complexity index is 817. The summed E-state index contributed by atoms with van der Waals surface area (Å²) in [5.74, 6) is -0.578. The lowest BCUT2D eigenvalue weighted by Gasteiger charge is -2.20. The number of anilines is 2. The average Bonchev–Trinajstić information content (AvgIpc) is 2.68. The van der Waals surface area contributed by atoms with Crippen molar-refractivity contribution >= 4 is 41.0 Å². The number of benzene rings is 2. The zero-order chi connectivity index (χ0) is 20.4. The van der Waals surface area contributed by atoms with Gasteiger partial charge in [0, 0.05) is 42.3 Å². The number of nitrogens with zero attached hydrogens (tertiary/aromatic N) is 2. The van der Waals surface area contributed by atoms with Crippen molar-refractivity contribution in [1.82, 2.24) is 5.43 Å². The third-order valence-electron chi connectivity index (χ3n) is 4.11. The second-order valence-corrected chi connectivity index (χ2v) is 6.55. The summed E-state index contributed by atoms with van der Waals surface area (Å²) in [5.41, 5.74) is 5.07. The van der Waals surface area contributed by atoms with Crippen LogP contribution in [0.15, 0.2) is 53.6 Å². The lowest BCUT2D eigenvalue weighted by atomic mass is 10.2. The molecule has 148 valence electrons. The summed E-state index contributed by atoms with van der Waals surface area (Å²) in [6, 6.07) is 14.8. The summed E-state index contributed by atoms with van der Waals surface area (Å²) in [6.07, 6.45) is 1.69. The van der Waals surface area contributed by atoms with E-state index in [2.05, 4.69) is 34.6 Å². The summed E-state index contributed by atoms with van der Waals surface area (Å²) in [5, 5.41) is 7.18. The van der Waals surface area contributed by atoms with Crippen LogP contribution in [-0.4, -0.2) is 31.1 Å². The van der Waals surface area contributed by atoms with Crippen molar-refractivity contribution in [2.45, 2.75) is 26.7 Å². The van der Waals surface area contributed by atoms with E-state index in [1.807, 2.05) is 24.3 Å². The van der Waals surface area contributed by atoms with Crippen molar-refractivity contribution in [2.75, 3.05) is 23.3 Å². The summed E-state index contributed by atoms with van der Waals surface area (Å²) < 4.78 is 0. The molecule has 2 aromatic rings. The Labute approximate surface area is 170 Å². The molecule has 0 aliphatic carbocycles. The van der Waals surface area contributed by atoms with E-state index in [1.165, 1.54) is 0 Å². The second kappa shape index (κ2) is 11.1. The lowest BCUT2D eigenvalue weighted by molar-refractivity contribution is -0.124. The standard InChI is InChI=1S/C21H25ClN4O2/c1-3-26(4-2)19-10-8-16(9-11-19)15-23-25-21(28)13-12-20(27)24-18-7-5-6-17(22)14-18/h5-11,14-15H,3-4,12-13H2,1-2H3,(H,24,27)(H,25,28)/b23-15+. The molecule has 0 bridgehead atoms. The molecule has 0 heterocycles. The third-order valence-corrected chi connectivity index (χ3v) is 4.35. The quantitative estimate of drug-likeness (QED) is 0.492. The minimum absolute atomic E-state index is 0.0463. The number of rotatable bonds is 9. The number of carbonyl (C=O) groups is 2. The van der Waals surface area contributed by atoms with Crippen LogP contribution >= 0.6 is 11.6 Å². The number of hydrazone groups is 1. The largest absolute Gasteiger partial charge is 0.372 e. The molecule has 2 N–H and O–H groups in total. The zero-order valence-corrected chi connectivity index (χ0v) is 16.9. The van der Waals surface area contributed by atoms with Crippen LogP contribution < -0.4 is 15.6 Å². The highest BCUT2D eigenvalue weighted by Crippen LogP contribution is 2.15. The zero-order valence-electron chi connectivity index (χ0n) is 16.1. The van der Waals surface area contributed by atoms with Gasteiger partial charge in [-0.2, -0.15) is 5.10 Å². The van der Waals surface area contributed by atoms with Crippen molar-refractivity contribution < 1.29 is 9.59 Å². The first-order chi connectivity index (χ1) is 13.5. The van der Waals surface area contributed by atoms with Crippen molar-refractivity contribution in [3.8, 4) is 0 Å². The van der Waals surface area contributed by atoms with Crippen LogP contribution in [0.4, 0.5) is 11.4 Å². The van der Waals surface area contributed by atoms with Gasteiger partial charge >= 0.3 is 0 Å². The van der Waals surface area contributed by atoms with E-state index in [4.69, 9.17) is 11.6 Å². The highest BCUT2D eigenvalue weighted by atomic mass is 35.5. The van der Waals surface area contributed by atoms with E-state index in [-0.39, 0.29) is 24.7 Å². The minimum Gasteiger partial charge on any atom is -0.372 e. The van der Waals surface area contributed by atoms with Gasteiger partial charge in [0.25, 0.3) is 0 Å². The summed E-state index contributed by atoms with van der Waals surface area (Å²) in [7, 11) is 0. The highest BCUT2D eigenvalue weighted by Gasteiger charge is 2.07. The number of nitrogens with one attached hydrogen (secondary N) is 2. The molecule has 0 aliphatic heterocycles. The number of carbonyl (C=O) groups excluding carboxylic acids is 2. The monoisotopic (exact) mass is 400 g/mol. The van der Waals surface area contributed by atoms with Crippen LogP contribution in [-0.2, 0) is 9.59 Å². The highest BCUT2D eigenvalue weighted by molar-refractivity contribution is 6.30. The summed E-state index contributed by atoms with van der Waals surface area (Å²) in [4.78, 5) is 26.0. The Hall–Kier alpha value is -2.86. The molecule has 0 radical (unpaired) electrons. The van der Waals surface area contributed by atoms with Gasteiger partial charge in [0.05, 0.1) is 6.21 Å². The molecule has 0 saturated heterocycles. The fourth-order valence-electron chi connectivity index (χ4n) is 2.61. The minimum atomic E-state index is -0.322. The average molecular weight is 401 g/mol. The van der Waals surface area contributed by atoms with Crippen LogP contribution in [0.2, 0.25) is 5.02 Å².